The van der Waals surface area contributed by atoms with Gasteiger partial charge in [0.2, 0.25) is 5.78 Å². The minimum Gasteiger partial charge on any atom is -0.275 e. The zero-order valence-corrected chi connectivity index (χ0v) is 14.7. The minimum absolute atomic E-state index is 0.109. The van der Waals surface area contributed by atoms with Crippen molar-refractivity contribution < 1.29 is 0 Å². The molecule has 0 atom stereocenters. The third-order valence-corrected chi connectivity index (χ3v) is 4.58. The molecule has 0 spiro atoms. The van der Waals surface area contributed by atoms with Gasteiger partial charge in [0.05, 0.1) is 21.8 Å². The molecule has 0 radical (unpaired) electrons. The van der Waals surface area contributed by atoms with E-state index in [1.165, 1.54) is 0 Å². The van der Waals surface area contributed by atoms with Crippen molar-refractivity contribution >= 4 is 27.6 Å². The molecule has 5 nitrogen and oxygen atoms in total. The van der Waals surface area contributed by atoms with E-state index in [4.69, 9.17) is 0 Å². The molecule has 0 unspecified atom stereocenters. The van der Waals surface area contributed by atoms with Crippen molar-refractivity contribution in [2.24, 2.45) is 0 Å². The smallest absolute Gasteiger partial charge is 0.267 e. The van der Waals surface area contributed by atoms with Gasteiger partial charge in [-0.05, 0) is 52.0 Å². The maximum absolute atomic E-state index is 13.2. The Morgan fingerprint density at radius 2 is 1.52 bits per heavy atom. The Balaban J connectivity index is 2.40. The summed E-state index contributed by atoms with van der Waals surface area (Å²) in [5.74, 6) is 0.387. The zero-order chi connectivity index (χ0) is 17.9. The molecule has 0 amide bonds. The largest absolute Gasteiger partial charge is 0.275 e. The summed E-state index contributed by atoms with van der Waals surface area (Å²) in [6.07, 6.45) is 0. The summed E-state index contributed by atoms with van der Waals surface area (Å²) in [6.45, 7) is 7.74. The molecule has 0 N–H and O–H groups in total. The van der Waals surface area contributed by atoms with Crippen LogP contribution < -0.4 is 11.1 Å². The van der Waals surface area contributed by atoms with Gasteiger partial charge in [0, 0.05) is 6.04 Å². The van der Waals surface area contributed by atoms with Crippen molar-refractivity contribution in [3.63, 3.8) is 0 Å². The molecule has 4 aromatic rings. The van der Waals surface area contributed by atoms with Gasteiger partial charge in [0.15, 0.2) is 0 Å². The Morgan fingerprint density at radius 3 is 2.20 bits per heavy atom. The molecule has 0 saturated heterocycles. The number of nitrogens with zero attached hydrogens (tertiary/aromatic N) is 3. The van der Waals surface area contributed by atoms with Crippen LogP contribution in [0, 0.1) is 13.8 Å². The van der Waals surface area contributed by atoms with E-state index in [2.05, 4.69) is 4.98 Å². The first-order chi connectivity index (χ1) is 11.9. The molecule has 5 heteroatoms. The molecule has 2 aromatic carbocycles. The SMILES string of the molecule is Cc1ccc2nc3n(C(C)C)c(=O)c4cc(C)ccc4n3c(=O)c2c1. The highest BCUT2D eigenvalue weighted by atomic mass is 16.1. The summed E-state index contributed by atoms with van der Waals surface area (Å²) in [4.78, 5) is 30.9. The quantitative estimate of drug-likeness (QED) is 0.396. The number of benzene rings is 2. The lowest BCUT2D eigenvalue weighted by Gasteiger charge is -2.17. The lowest BCUT2D eigenvalue weighted by Crippen LogP contribution is -2.30. The van der Waals surface area contributed by atoms with Gasteiger partial charge in [0.1, 0.15) is 0 Å². The number of aryl methyl sites for hydroxylation is 2. The highest BCUT2D eigenvalue weighted by Crippen LogP contribution is 2.18. The summed E-state index contributed by atoms with van der Waals surface area (Å²) in [7, 11) is 0. The predicted molar refractivity (Wildman–Crippen MR) is 101 cm³/mol. The number of fused-ring (bicyclic) bond motifs is 4. The fourth-order valence-electron chi connectivity index (χ4n) is 3.37. The molecule has 4 rings (SSSR count). The molecular formula is C20H19N3O2. The van der Waals surface area contributed by atoms with Crippen LogP contribution >= 0.6 is 0 Å². The molecule has 0 fully saturated rings. The first-order valence-electron chi connectivity index (χ1n) is 8.36. The van der Waals surface area contributed by atoms with E-state index in [0.717, 1.165) is 11.1 Å². The molecule has 0 aliphatic carbocycles. The molecule has 2 heterocycles. The van der Waals surface area contributed by atoms with E-state index in [1.54, 1.807) is 8.97 Å². The summed E-state index contributed by atoms with van der Waals surface area (Å²) >= 11 is 0. The van der Waals surface area contributed by atoms with Gasteiger partial charge in [-0.3, -0.25) is 14.2 Å². The van der Waals surface area contributed by atoms with E-state index in [9.17, 15) is 9.59 Å². The Hall–Kier alpha value is -2.95. The Kier molecular flexibility index (Phi) is 3.29. The number of rotatable bonds is 1. The van der Waals surface area contributed by atoms with Crippen LogP contribution in [0.5, 0.6) is 0 Å². The molecule has 0 bridgehead atoms. The number of hydrogen-bond donors (Lipinski definition) is 0. The van der Waals surface area contributed by atoms with Crippen molar-refractivity contribution in [2.45, 2.75) is 33.7 Å². The van der Waals surface area contributed by atoms with Crippen LogP contribution in [0.15, 0.2) is 46.0 Å². The first-order valence-corrected chi connectivity index (χ1v) is 8.36. The van der Waals surface area contributed by atoms with Gasteiger partial charge in [-0.1, -0.05) is 23.3 Å². The minimum atomic E-state index is -0.146. The fourth-order valence-corrected chi connectivity index (χ4v) is 3.37. The second-order valence-corrected chi connectivity index (χ2v) is 6.86. The van der Waals surface area contributed by atoms with Gasteiger partial charge >= 0.3 is 0 Å². The molecule has 0 aliphatic rings. The van der Waals surface area contributed by atoms with E-state index >= 15 is 0 Å². The van der Waals surface area contributed by atoms with Gasteiger partial charge in [0.25, 0.3) is 11.1 Å². The predicted octanol–water partition coefficient (Wildman–Crippen LogP) is 3.36. The van der Waals surface area contributed by atoms with Gasteiger partial charge in [-0.2, -0.15) is 0 Å². The molecule has 25 heavy (non-hydrogen) atoms. The van der Waals surface area contributed by atoms with Gasteiger partial charge in [-0.25, -0.2) is 9.38 Å². The molecule has 0 saturated carbocycles. The monoisotopic (exact) mass is 333 g/mol. The highest BCUT2D eigenvalue weighted by Gasteiger charge is 2.17. The Labute approximate surface area is 144 Å². The standard InChI is InChI=1S/C20H19N3O2/c1-11(2)22-19(25)15-10-13(4)6-8-17(15)23-18(24)14-9-12(3)5-7-16(14)21-20(22)23/h5-11H,1-4H3. The van der Waals surface area contributed by atoms with Crippen molar-refractivity contribution in [1.82, 2.24) is 14.0 Å². The Morgan fingerprint density at radius 1 is 0.880 bits per heavy atom. The fraction of sp³-hybridized carbons (Fsp3) is 0.250. The normalized spacial score (nSPS) is 11.9. The van der Waals surface area contributed by atoms with Gasteiger partial charge in [-0.15, -0.1) is 0 Å². The topological polar surface area (TPSA) is 56.4 Å². The summed E-state index contributed by atoms with van der Waals surface area (Å²) < 4.78 is 3.17. The highest BCUT2D eigenvalue weighted by molar-refractivity contribution is 5.85. The van der Waals surface area contributed by atoms with Crippen LogP contribution in [0.3, 0.4) is 0 Å². The lowest BCUT2D eigenvalue weighted by molar-refractivity contribution is 0.587. The summed E-state index contributed by atoms with van der Waals surface area (Å²) in [5.41, 5.74) is 2.93. The zero-order valence-electron chi connectivity index (χ0n) is 14.7. The van der Waals surface area contributed by atoms with E-state index in [0.29, 0.717) is 27.6 Å². The van der Waals surface area contributed by atoms with Crippen LogP contribution in [0.25, 0.3) is 27.6 Å². The van der Waals surface area contributed by atoms with Crippen molar-refractivity contribution in [3.8, 4) is 0 Å². The molecular weight excluding hydrogens is 314 g/mol. The maximum atomic E-state index is 13.2. The number of aromatic nitrogens is 3. The Bertz CT molecular complexity index is 1280. The maximum Gasteiger partial charge on any atom is 0.267 e. The van der Waals surface area contributed by atoms with Crippen LogP contribution in [0.1, 0.15) is 31.0 Å². The van der Waals surface area contributed by atoms with Gasteiger partial charge < -0.3 is 0 Å². The second-order valence-electron chi connectivity index (χ2n) is 6.86. The van der Waals surface area contributed by atoms with Crippen molar-refractivity contribution in [1.29, 1.82) is 0 Å². The van der Waals surface area contributed by atoms with Crippen molar-refractivity contribution in [2.75, 3.05) is 0 Å². The lowest BCUT2D eigenvalue weighted by atomic mass is 10.1. The van der Waals surface area contributed by atoms with Crippen molar-refractivity contribution in [3.05, 3.63) is 68.2 Å². The van der Waals surface area contributed by atoms with E-state index in [-0.39, 0.29) is 17.2 Å². The first kappa shape index (κ1) is 15.6. The third kappa shape index (κ3) is 2.19. The van der Waals surface area contributed by atoms with Crippen LogP contribution in [-0.2, 0) is 0 Å². The average molecular weight is 333 g/mol. The second kappa shape index (κ2) is 5.28. The number of hydrogen-bond acceptors (Lipinski definition) is 3. The third-order valence-electron chi connectivity index (χ3n) is 4.58. The average Bonchev–Trinajstić information content (AvgIpc) is 2.56. The van der Waals surface area contributed by atoms with Crippen LogP contribution in [0.2, 0.25) is 0 Å². The molecule has 0 aliphatic heterocycles. The summed E-state index contributed by atoms with van der Waals surface area (Å²) in [6, 6.07) is 11.1. The summed E-state index contributed by atoms with van der Waals surface area (Å²) in [5, 5.41) is 1.10. The van der Waals surface area contributed by atoms with E-state index < -0.39 is 0 Å². The van der Waals surface area contributed by atoms with Crippen LogP contribution in [0.4, 0.5) is 0 Å². The van der Waals surface area contributed by atoms with E-state index in [1.807, 2.05) is 64.1 Å². The van der Waals surface area contributed by atoms with Crippen LogP contribution in [-0.4, -0.2) is 14.0 Å². The molecule has 2 aromatic heterocycles. The molecule has 126 valence electrons.